The Labute approximate surface area is 127 Å². The van der Waals surface area contributed by atoms with Crippen molar-refractivity contribution >= 4 is 15.9 Å². The highest BCUT2D eigenvalue weighted by Crippen LogP contribution is 2.33. The first-order chi connectivity index (χ1) is 9.65. The molecule has 0 saturated carbocycles. The van der Waals surface area contributed by atoms with E-state index in [4.69, 9.17) is 4.74 Å². The van der Waals surface area contributed by atoms with Crippen molar-refractivity contribution < 1.29 is 9.13 Å². The fourth-order valence-electron chi connectivity index (χ4n) is 2.03. The smallest absolute Gasteiger partial charge is 0.166 e. The van der Waals surface area contributed by atoms with Crippen LogP contribution in [0, 0.1) is 5.82 Å². The van der Waals surface area contributed by atoms with Gasteiger partial charge in [-0.2, -0.15) is 0 Å². The number of para-hydroxylation sites is 1. The maximum absolute atomic E-state index is 14.0. The van der Waals surface area contributed by atoms with Crippen molar-refractivity contribution in [3.63, 3.8) is 0 Å². The molecular formula is C17H18BrFO. The van der Waals surface area contributed by atoms with E-state index in [9.17, 15) is 4.39 Å². The van der Waals surface area contributed by atoms with Gasteiger partial charge in [0, 0.05) is 5.33 Å². The monoisotopic (exact) mass is 336 g/mol. The quantitative estimate of drug-likeness (QED) is 0.606. The Hall–Kier alpha value is -1.35. The summed E-state index contributed by atoms with van der Waals surface area (Å²) in [4.78, 5) is 0. The first-order valence-electron chi connectivity index (χ1n) is 6.76. The molecule has 1 nitrogen and oxygen atoms in total. The van der Waals surface area contributed by atoms with Gasteiger partial charge in [0.25, 0.3) is 0 Å². The standard InChI is InChI=1S/C17H18BrFO/c1-3-12(2)14-6-4-5-7-16(14)20-17-9-8-13(11-18)10-15(17)19/h4-10,12H,3,11H2,1-2H3. The highest BCUT2D eigenvalue weighted by atomic mass is 79.9. The van der Waals surface area contributed by atoms with Crippen LogP contribution in [0.4, 0.5) is 4.39 Å². The third kappa shape index (κ3) is 3.40. The molecule has 0 aromatic heterocycles. The largest absolute Gasteiger partial charge is 0.454 e. The Morgan fingerprint density at radius 3 is 2.55 bits per heavy atom. The van der Waals surface area contributed by atoms with E-state index < -0.39 is 0 Å². The van der Waals surface area contributed by atoms with Crippen LogP contribution in [0.15, 0.2) is 42.5 Å². The molecule has 0 bridgehead atoms. The van der Waals surface area contributed by atoms with Crippen LogP contribution in [0.1, 0.15) is 37.3 Å². The minimum atomic E-state index is -0.332. The predicted molar refractivity (Wildman–Crippen MR) is 84.3 cm³/mol. The number of rotatable bonds is 5. The Morgan fingerprint density at radius 1 is 1.15 bits per heavy atom. The fourth-order valence-corrected chi connectivity index (χ4v) is 2.38. The molecule has 0 N–H and O–H groups in total. The summed E-state index contributed by atoms with van der Waals surface area (Å²) in [5, 5.41) is 0.633. The number of benzene rings is 2. The molecule has 0 heterocycles. The maximum Gasteiger partial charge on any atom is 0.166 e. The van der Waals surface area contributed by atoms with Crippen molar-refractivity contribution in [2.24, 2.45) is 0 Å². The zero-order chi connectivity index (χ0) is 14.5. The molecule has 0 aliphatic rings. The number of alkyl halides is 1. The molecule has 1 atom stereocenters. The van der Waals surface area contributed by atoms with Crippen LogP contribution in [0.2, 0.25) is 0 Å². The van der Waals surface area contributed by atoms with E-state index in [2.05, 4.69) is 29.8 Å². The summed E-state index contributed by atoms with van der Waals surface area (Å²) in [6.07, 6.45) is 1.02. The van der Waals surface area contributed by atoms with Gasteiger partial charge in [0.2, 0.25) is 0 Å². The van der Waals surface area contributed by atoms with Gasteiger partial charge in [-0.15, -0.1) is 0 Å². The van der Waals surface area contributed by atoms with Gasteiger partial charge in [0.1, 0.15) is 5.75 Å². The molecule has 2 rings (SSSR count). The Kier molecular flexibility index (Phi) is 5.18. The molecule has 0 fully saturated rings. The SMILES string of the molecule is CCC(C)c1ccccc1Oc1ccc(CBr)cc1F. The average molecular weight is 337 g/mol. The first-order valence-corrected chi connectivity index (χ1v) is 7.89. The lowest BCUT2D eigenvalue weighted by atomic mass is 9.98. The maximum atomic E-state index is 14.0. The molecule has 3 heteroatoms. The second-order valence-corrected chi connectivity index (χ2v) is 5.41. The van der Waals surface area contributed by atoms with Crippen LogP contribution in [-0.4, -0.2) is 0 Å². The van der Waals surface area contributed by atoms with Gasteiger partial charge in [-0.3, -0.25) is 0 Å². The number of hydrogen-bond acceptors (Lipinski definition) is 1. The lowest BCUT2D eigenvalue weighted by Crippen LogP contribution is -1.97. The highest BCUT2D eigenvalue weighted by molar-refractivity contribution is 9.08. The lowest BCUT2D eigenvalue weighted by Gasteiger charge is -2.16. The number of halogens is 2. The van der Waals surface area contributed by atoms with E-state index >= 15 is 0 Å². The van der Waals surface area contributed by atoms with Gasteiger partial charge >= 0.3 is 0 Å². The summed E-state index contributed by atoms with van der Waals surface area (Å²) < 4.78 is 19.8. The van der Waals surface area contributed by atoms with Crippen LogP contribution in [0.25, 0.3) is 0 Å². The van der Waals surface area contributed by atoms with E-state index in [0.717, 1.165) is 23.3 Å². The van der Waals surface area contributed by atoms with Gasteiger partial charge in [0.05, 0.1) is 0 Å². The van der Waals surface area contributed by atoms with E-state index in [1.807, 2.05) is 30.3 Å². The van der Waals surface area contributed by atoms with Crippen LogP contribution in [0.3, 0.4) is 0 Å². The molecule has 1 unspecified atom stereocenters. The molecule has 2 aromatic rings. The minimum absolute atomic E-state index is 0.269. The molecule has 0 aliphatic heterocycles. The van der Waals surface area contributed by atoms with Gasteiger partial charge in [0.15, 0.2) is 11.6 Å². The first kappa shape index (κ1) is 15.0. The summed E-state index contributed by atoms with van der Waals surface area (Å²) in [5.74, 6) is 1.05. The molecule has 2 aromatic carbocycles. The molecule has 0 aliphatic carbocycles. The third-order valence-corrected chi connectivity index (χ3v) is 4.08. The van der Waals surface area contributed by atoms with E-state index in [-0.39, 0.29) is 11.6 Å². The van der Waals surface area contributed by atoms with E-state index in [0.29, 0.717) is 11.2 Å². The average Bonchev–Trinajstić information content (AvgIpc) is 2.49. The minimum Gasteiger partial charge on any atom is -0.454 e. The van der Waals surface area contributed by atoms with Crippen LogP contribution >= 0.6 is 15.9 Å². The third-order valence-electron chi connectivity index (χ3n) is 3.43. The second kappa shape index (κ2) is 6.89. The molecule has 106 valence electrons. The molecule has 0 amide bonds. The van der Waals surface area contributed by atoms with Crippen LogP contribution in [0.5, 0.6) is 11.5 Å². The van der Waals surface area contributed by atoms with Crippen molar-refractivity contribution in [2.75, 3.05) is 0 Å². The zero-order valence-corrected chi connectivity index (χ0v) is 13.3. The zero-order valence-electron chi connectivity index (χ0n) is 11.7. The molecular weight excluding hydrogens is 319 g/mol. The number of ether oxygens (including phenoxy) is 1. The summed E-state index contributed by atoms with van der Waals surface area (Å²) in [6.45, 7) is 4.28. The molecule has 0 radical (unpaired) electrons. The van der Waals surface area contributed by atoms with Gasteiger partial charge in [-0.1, -0.05) is 54.0 Å². The van der Waals surface area contributed by atoms with Crippen LogP contribution < -0.4 is 4.74 Å². The van der Waals surface area contributed by atoms with Crippen molar-refractivity contribution in [1.82, 2.24) is 0 Å². The molecule has 0 saturated heterocycles. The predicted octanol–water partition coefficient (Wildman–Crippen LogP) is 6.03. The molecule has 0 spiro atoms. The summed E-state index contributed by atoms with van der Waals surface area (Å²) in [5.41, 5.74) is 2.00. The normalized spacial score (nSPS) is 12.2. The Balaban J connectivity index is 2.30. The summed E-state index contributed by atoms with van der Waals surface area (Å²) in [6, 6.07) is 12.9. The fraction of sp³-hybridized carbons (Fsp3) is 0.294. The van der Waals surface area contributed by atoms with E-state index in [1.54, 1.807) is 6.07 Å². The Morgan fingerprint density at radius 2 is 1.90 bits per heavy atom. The summed E-state index contributed by atoms with van der Waals surface area (Å²) >= 11 is 3.32. The van der Waals surface area contributed by atoms with Crippen molar-refractivity contribution in [1.29, 1.82) is 0 Å². The van der Waals surface area contributed by atoms with Gasteiger partial charge in [-0.25, -0.2) is 4.39 Å². The topological polar surface area (TPSA) is 9.23 Å². The van der Waals surface area contributed by atoms with Crippen LogP contribution in [-0.2, 0) is 5.33 Å². The summed E-state index contributed by atoms with van der Waals surface area (Å²) in [7, 11) is 0. The Bertz CT molecular complexity index is 583. The van der Waals surface area contributed by atoms with E-state index in [1.165, 1.54) is 6.07 Å². The van der Waals surface area contributed by atoms with Crippen molar-refractivity contribution in [3.8, 4) is 11.5 Å². The van der Waals surface area contributed by atoms with Gasteiger partial charge < -0.3 is 4.74 Å². The van der Waals surface area contributed by atoms with Crippen molar-refractivity contribution in [3.05, 3.63) is 59.4 Å². The molecule has 20 heavy (non-hydrogen) atoms. The van der Waals surface area contributed by atoms with Crippen molar-refractivity contribution in [2.45, 2.75) is 31.5 Å². The highest BCUT2D eigenvalue weighted by Gasteiger charge is 2.12. The second-order valence-electron chi connectivity index (χ2n) is 4.85. The lowest BCUT2D eigenvalue weighted by molar-refractivity contribution is 0.433. The van der Waals surface area contributed by atoms with Gasteiger partial charge in [-0.05, 0) is 41.7 Å². The number of hydrogen-bond donors (Lipinski definition) is 0.